The van der Waals surface area contributed by atoms with Crippen LogP contribution in [0.2, 0.25) is 0 Å². The number of ether oxygens (including phenoxy) is 3. The Balaban J connectivity index is 1.45. The highest BCUT2D eigenvalue weighted by Gasteiger charge is 2.63. The average Bonchev–Trinajstić information content (AvgIpc) is 3.79. The van der Waals surface area contributed by atoms with E-state index in [1.165, 1.54) is 16.7 Å². The highest BCUT2D eigenvalue weighted by molar-refractivity contribution is 7.06. The van der Waals surface area contributed by atoms with Gasteiger partial charge in [0.1, 0.15) is 23.4 Å². The molecule has 0 aliphatic carbocycles. The summed E-state index contributed by atoms with van der Waals surface area (Å²) in [5, 5.41) is 5.50. The molecule has 0 bridgehead atoms. The maximum absolute atomic E-state index is 14.1. The van der Waals surface area contributed by atoms with Crippen LogP contribution < -0.4 is 10.6 Å². The van der Waals surface area contributed by atoms with Crippen LogP contribution in [0.15, 0.2) is 60.7 Å². The molecule has 2 fully saturated rings. The number of carbonyl (C=O) groups is 6. The minimum Gasteiger partial charge on any atom is -0.451 e. The van der Waals surface area contributed by atoms with E-state index in [2.05, 4.69) is 10.6 Å². The highest BCUT2D eigenvalue weighted by Crippen LogP contribution is 2.28. The lowest BCUT2D eigenvalue weighted by atomic mass is 9.91. The number of hydrogen-bond donors (Lipinski definition) is 2. The van der Waals surface area contributed by atoms with Crippen molar-refractivity contribution in [2.24, 2.45) is 0 Å². The number of fused-ring (bicyclic) bond motifs is 1. The molecule has 2 aromatic rings. The van der Waals surface area contributed by atoms with Gasteiger partial charge in [-0.2, -0.15) is 0 Å². The average molecular weight is 735 g/mol. The van der Waals surface area contributed by atoms with Crippen molar-refractivity contribution in [3.63, 3.8) is 0 Å². The lowest BCUT2D eigenvalue weighted by molar-refractivity contribution is -0.163. The number of nitrogens with zero attached hydrogens (tertiary/aromatic N) is 2. The molecule has 286 valence electrons. The van der Waals surface area contributed by atoms with Crippen molar-refractivity contribution in [3.8, 4) is 0 Å². The summed E-state index contributed by atoms with van der Waals surface area (Å²) in [6.07, 6.45) is -1.67. The van der Waals surface area contributed by atoms with Crippen molar-refractivity contribution in [2.75, 3.05) is 26.4 Å². The second kappa shape index (κ2) is 18.8. The van der Waals surface area contributed by atoms with Crippen LogP contribution in [0.25, 0.3) is 0 Å². The number of alkyl carbamates (subject to hydrolysis) is 1. The highest BCUT2D eigenvalue weighted by atomic mass is 16.6. The molecule has 3 amide bonds. The number of esters is 2. The van der Waals surface area contributed by atoms with Gasteiger partial charge in [0.05, 0.1) is 12.6 Å². The molecule has 14 nitrogen and oxygen atoms in total. The van der Waals surface area contributed by atoms with E-state index in [0.29, 0.717) is 13.0 Å². The molecule has 0 radical (unpaired) electrons. The molecule has 2 aliphatic heterocycles. The lowest BCUT2D eigenvalue weighted by Gasteiger charge is -2.31. The summed E-state index contributed by atoms with van der Waals surface area (Å²) < 4.78 is 22.2. The predicted molar refractivity (Wildman–Crippen MR) is 195 cm³/mol. The number of rotatable bonds is 17. The van der Waals surface area contributed by atoms with Crippen molar-refractivity contribution in [3.05, 3.63) is 71.8 Å². The van der Waals surface area contributed by atoms with Crippen LogP contribution in [-0.4, -0.2) is 114 Å². The molecule has 4 rings (SSSR count). The van der Waals surface area contributed by atoms with E-state index in [1.807, 2.05) is 67.6 Å². The van der Waals surface area contributed by atoms with Crippen LogP contribution in [-0.2, 0) is 55.7 Å². The molecule has 2 saturated heterocycles. The fraction of sp³-hybridized carbons (Fsp3) is 0.526. The molecule has 2 N–H and O–H groups in total. The minimum absolute atomic E-state index is 0.0694. The summed E-state index contributed by atoms with van der Waals surface area (Å²) in [5.74, 6) is -3.18. The monoisotopic (exact) mass is 734 g/mol. The summed E-state index contributed by atoms with van der Waals surface area (Å²) >= 11 is 0. The molecule has 0 aromatic heterocycles. The van der Waals surface area contributed by atoms with Crippen LogP contribution in [0.5, 0.6) is 0 Å². The minimum atomic E-state index is -1.25. The van der Waals surface area contributed by atoms with Gasteiger partial charge in [0.2, 0.25) is 0 Å². The van der Waals surface area contributed by atoms with E-state index in [-0.39, 0.29) is 38.3 Å². The predicted octanol–water partition coefficient (Wildman–Crippen LogP) is 2.65. The van der Waals surface area contributed by atoms with Crippen LogP contribution in [0.3, 0.4) is 0 Å². The first-order valence-electron chi connectivity index (χ1n) is 18.1. The van der Waals surface area contributed by atoms with Gasteiger partial charge in [-0.05, 0) is 52.2 Å². The topological polar surface area (TPSA) is 170 Å². The number of carbonyl (C=O) groups excluding carboxylic acids is 6. The largest absolute Gasteiger partial charge is 0.451 e. The molecule has 5 atom stereocenters. The van der Waals surface area contributed by atoms with E-state index in [1.54, 1.807) is 27.7 Å². The Bertz CT molecular complexity index is 1590. The Kier molecular flexibility index (Phi) is 14.6. The number of benzene rings is 2. The molecule has 5 unspecified atom stereocenters. The zero-order chi connectivity index (χ0) is 38.7. The summed E-state index contributed by atoms with van der Waals surface area (Å²) in [6, 6.07) is 16.1. The summed E-state index contributed by atoms with van der Waals surface area (Å²) in [5.41, 5.74) is 0.576. The molecular formula is C38H51BN4O10. The van der Waals surface area contributed by atoms with Gasteiger partial charge in [0, 0.05) is 32.5 Å². The van der Waals surface area contributed by atoms with Gasteiger partial charge in [-0.3, -0.25) is 19.7 Å². The van der Waals surface area contributed by atoms with Gasteiger partial charge < -0.3 is 38.8 Å². The quantitative estimate of drug-likeness (QED) is 0.106. The summed E-state index contributed by atoms with van der Waals surface area (Å²) in [7, 11) is 0. The first-order valence-corrected chi connectivity index (χ1v) is 18.1. The van der Waals surface area contributed by atoms with Gasteiger partial charge in [0.15, 0.2) is 12.2 Å². The zero-order valence-corrected chi connectivity index (χ0v) is 31.4. The number of unbranched alkanes of at least 4 members (excludes halogenated alkanes) is 1. The van der Waals surface area contributed by atoms with Crippen LogP contribution >= 0.6 is 0 Å². The fourth-order valence-electron chi connectivity index (χ4n) is 5.74. The molecular weight excluding hydrogens is 683 g/mol. The lowest BCUT2D eigenvalue weighted by Crippen LogP contribution is -2.52. The van der Waals surface area contributed by atoms with E-state index < -0.39 is 72.6 Å². The molecule has 2 aromatic carbocycles. The molecule has 0 saturated carbocycles. The SMILES string of the molecule is CCCCN(CNC(C)C(=O)OC(Cc1ccccc1)C(=O)N1CCOB2C(=O)C21)C(=O)C(Cc1ccccc1)OC(=O)C(C)NC(=O)OC(C)(C)C. The summed E-state index contributed by atoms with van der Waals surface area (Å²) in [6.45, 7) is 10.1. The maximum Gasteiger partial charge on any atom is 0.408 e. The van der Waals surface area contributed by atoms with Crippen molar-refractivity contribution < 1.29 is 47.6 Å². The number of hydrogen-bond acceptors (Lipinski definition) is 11. The van der Waals surface area contributed by atoms with Crippen molar-refractivity contribution in [2.45, 2.75) is 103 Å². The Hall–Kier alpha value is -4.76. The Morgan fingerprint density at radius 3 is 2.06 bits per heavy atom. The third-order valence-corrected chi connectivity index (χ3v) is 8.72. The van der Waals surface area contributed by atoms with Gasteiger partial charge >= 0.3 is 24.9 Å². The normalized spacial score (nSPS) is 17.4. The van der Waals surface area contributed by atoms with Gasteiger partial charge in [0.25, 0.3) is 11.8 Å². The third kappa shape index (κ3) is 12.1. The van der Waals surface area contributed by atoms with Gasteiger partial charge in [-0.1, -0.05) is 74.0 Å². The smallest absolute Gasteiger partial charge is 0.408 e. The molecule has 2 heterocycles. The van der Waals surface area contributed by atoms with E-state index in [4.69, 9.17) is 18.9 Å². The molecule has 53 heavy (non-hydrogen) atoms. The number of amides is 3. The molecule has 0 spiro atoms. The molecule has 15 heteroatoms. The van der Waals surface area contributed by atoms with Crippen molar-refractivity contribution in [1.82, 2.24) is 20.4 Å². The first kappa shape index (κ1) is 41.0. The Morgan fingerprint density at radius 1 is 0.906 bits per heavy atom. The maximum atomic E-state index is 14.1. The van der Waals surface area contributed by atoms with Crippen LogP contribution in [0.1, 0.15) is 65.5 Å². The van der Waals surface area contributed by atoms with E-state index in [9.17, 15) is 28.8 Å². The van der Waals surface area contributed by atoms with Crippen LogP contribution in [0.4, 0.5) is 4.79 Å². The first-order chi connectivity index (χ1) is 25.2. The van der Waals surface area contributed by atoms with E-state index in [0.717, 1.165) is 17.5 Å². The zero-order valence-electron chi connectivity index (χ0n) is 31.4. The number of nitrogens with one attached hydrogen (secondary N) is 2. The molecule has 2 aliphatic rings. The standard InChI is InChI=1S/C38H51BN4O10/c1-7-8-19-42(33(45)29(22-27-15-11-9-12-16-27)51-36(48)26(3)41-37(49)53-38(4,5)6)24-40-25(2)35(47)52-30(23-28-17-13-10-14-18-28)34(46)43-20-21-50-39-31(43)32(39)44/h9-18,25-26,29-31,40H,7-8,19-24H2,1-6H3,(H,41,49). The van der Waals surface area contributed by atoms with Crippen LogP contribution in [0, 0.1) is 0 Å². The van der Waals surface area contributed by atoms with Gasteiger partial charge in [-0.25, -0.2) is 9.59 Å². The fourth-order valence-corrected chi connectivity index (χ4v) is 5.74. The summed E-state index contributed by atoms with van der Waals surface area (Å²) in [4.78, 5) is 81.9. The van der Waals surface area contributed by atoms with E-state index >= 15 is 0 Å². The van der Waals surface area contributed by atoms with Crippen molar-refractivity contribution >= 4 is 42.4 Å². The van der Waals surface area contributed by atoms with Gasteiger partial charge in [-0.15, -0.1) is 0 Å². The second-order valence-electron chi connectivity index (χ2n) is 14.3. The van der Waals surface area contributed by atoms with Crippen molar-refractivity contribution in [1.29, 1.82) is 0 Å². The third-order valence-electron chi connectivity index (χ3n) is 8.72. The second-order valence-corrected chi connectivity index (χ2v) is 14.3. The Labute approximate surface area is 311 Å². The Morgan fingerprint density at radius 2 is 1.47 bits per heavy atom.